The summed E-state index contributed by atoms with van der Waals surface area (Å²) in [6.45, 7) is -0.143. The Balaban J connectivity index is 1.78. The first-order valence-corrected chi connectivity index (χ1v) is 9.79. The van der Waals surface area contributed by atoms with Crippen molar-refractivity contribution in [3.8, 4) is 0 Å². The summed E-state index contributed by atoms with van der Waals surface area (Å²) in [6.07, 6.45) is 1.89. The second kappa shape index (κ2) is 6.78. The lowest BCUT2D eigenvalue weighted by Crippen LogP contribution is -2.56. The van der Waals surface area contributed by atoms with Crippen molar-refractivity contribution in [3.05, 3.63) is 40.5 Å². The quantitative estimate of drug-likeness (QED) is 0.774. The average Bonchev–Trinajstić information content (AvgIpc) is 2.52. The van der Waals surface area contributed by atoms with Gasteiger partial charge in [-0.3, -0.25) is 9.78 Å². The molecule has 11 heteroatoms. The molecule has 1 atom stereocenters. The topological polar surface area (TPSA) is 79.4 Å². The van der Waals surface area contributed by atoms with Gasteiger partial charge >= 0.3 is 15.5 Å². The molecule has 2 heterocycles. The number of fused-ring (bicyclic) bond motifs is 1. The molecule has 26 heavy (non-hydrogen) atoms. The number of likely N-dealkylation sites (tertiary alicyclic amines) is 1. The molecule has 6 nitrogen and oxygen atoms in total. The fourth-order valence-electron chi connectivity index (χ4n) is 2.67. The third-order valence-electron chi connectivity index (χ3n) is 4.15. The van der Waals surface area contributed by atoms with E-state index in [1.165, 1.54) is 21.9 Å². The van der Waals surface area contributed by atoms with Gasteiger partial charge in [-0.25, -0.2) is 13.1 Å². The van der Waals surface area contributed by atoms with Crippen LogP contribution in [0.4, 0.5) is 13.2 Å². The highest BCUT2D eigenvalue weighted by Crippen LogP contribution is 2.27. The fourth-order valence-corrected chi connectivity index (χ4v) is 3.60. The molecule has 1 aromatic carbocycles. The largest absolute Gasteiger partial charge is 0.511 e. The van der Waals surface area contributed by atoms with Crippen LogP contribution in [0.3, 0.4) is 0 Å². The molecule has 2 aromatic rings. The van der Waals surface area contributed by atoms with E-state index in [2.05, 4.69) is 20.9 Å². The number of carbonyl (C=O) groups is 1. The standard InChI is InChI=1S/C15H13BrF3N3O3S/c16-9-1-2-13-12(7-9)11(3-5-20-13)14(23)22-6-4-10(22)8-21-26(24,25)15(17,18)19/h1-3,5,7,10,21H,4,6,8H2/t10-/m1/s1. The second-order valence-corrected chi connectivity index (χ2v) is 8.43. The number of hydrogen-bond acceptors (Lipinski definition) is 4. The maximum absolute atomic E-state index is 12.8. The van der Waals surface area contributed by atoms with Crippen LogP contribution in [0.15, 0.2) is 34.9 Å². The minimum absolute atomic E-state index is 0.342. The minimum Gasteiger partial charge on any atom is -0.334 e. The van der Waals surface area contributed by atoms with Crippen molar-refractivity contribution in [2.45, 2.75) is 18.0 Å². The second-order valence-electron chi connectivity index (χ2n) is 5.76. The number of sulfonamides is 1. The van der Waals surface area contributed by atoms with Crippen LogP contribution in [0.5, 0.6) is 0 Å². The third-order valence-corrected chi connectivity index (χ3v) is 5.80. The van der Waals surface area contributed by atoms with Crippen molar-refractivity contribution < 1.29 is 26.4 Å². The van der Waals surface area contributed by atoms with Crippen LogP contribution in [0, 0.1) is 0 Å². The molecule has 1 aromatic heterocycles. The number of pyridine rings is 1. The van der Waals surface area contributed by atoms with Crippen LogP contribution in [0.2, 0.25) is 0 Å². The van der Waals surface area contributed by atoms with Crippen LogP contribution in [0.25, 0.3) is 10.9 Å². The summed E-state index contributed by atoms with van der Waals surface area (Å²) in [5.74, 6) is -0.377. The molecule has 1 aliphatic rings. The van der Waals surface area contributed by atoms with Gasteiger partial charge in [0.15, 0.2) is 0 Å². The summed E-state index contributed by atoms with van der Waals surface area (Å²) >= 11 is 3.32. The number of benzene rings is 1. The zero-order valence-corrected chi connectivity index (χ0v) is 15.5. The highest BCUT2D eigenvalue weighted by atomic mass is 79.9. The smallest absolute Gasteiger partial charge is 0.334 e. The molecule has 0 bridgehead atoms. The molecule has 140 valence electrons. The summed E-state index contributed by atoms with van der Waals surface area (Å²) in [5, 5.41) is 0.605. The highest BCUT2D eigenvalue weighted by molar-refractivity contribution is 9.10. The Kier molecular flexibility index (Phi) is 4.97. The van der Waals surface area contributed by atoms with E-state index in [9.17, 15) is 26.4 Å². The zero-order valence-electron chi connectivity index (χ0n) is 13.1. The molecule has 1 amide bonds. The lowest BCUT2D eigenvalue weighted by Gasteiger charge is -2.41. The molecule has 1 saturated heterocycles. The number of carbonyl (C=O) groups excluding carboxylic acids is 1. The Hall–Kier alpha value is -1.72. The fraction of sp³-hybridized carbons (Fsp3) is 0.333. The third kappa shape index (κ3) is 3.55. The predicted molar refractivity (Wildman–Crippen MR) is 91.9 cm³/mol. The lowest BCUT2D eigenvalue weighted by molar-refractivity contribution is -0.0450. The van der Waals surface area contributed by atoms with Gasteiger partial charge < -0.3 is 4.90 Å². The lowest BCUT2D eigenvalue weighted by atomic mass is 10.00. The molecule has 1 N–H and O–H groups in total. The van der Waals surface area contributed by atoms with Gasteiger partial charge in [0.2, 0.25) is 0 Å². The first kappa shape index (κ1) is 19.1. The van der Waals surface area contributed by atoms with Gasteiger partial charge in [0.25, 0.3) is 5.91 Å². The Bertz CT molecular complexity index is 965. The summed E-state index contributed by atoms with van der Waals surface area (Å²) in [5.41, 5.74) is -4.41. The van der Waals surface area contributed by atoms with Crippen molar-refractivity contribution in [1.29, 1.82) is 0 Å². The normalized spacial score (nSPS) is 18.0. The Labute approximate surface area is 155 Å². The van der Waals surface area contributed by atoms with Crippen LogP contribution in [0.1, 0.15) is 16.8 Å². The van der Waals surface area contributed by atoms with Gasteiger partial charge in [0.05, 0.1) is 11.1 Å². The summed E-state index contributed by atoms with van der Waals surface area (Å²) in [4.78, 5) is 18.3. The van der Waals surface area contributed by atoms with Gasteiger partial charge in [-0.05, 0) is 30.7 Å². The molecule has 0 aliphatic carbocycles. The highest BCUT2D eigenvalue weighted by Gasteiger charge is 2.46. The molecule has 0 unspecified atom stereocenters. The van der Waals surface area contributed by atoms with E-state index in [1.807, 2.05) is 0 Å². The maximum Gasteiger partial charge on any atom is 0.511 e. The Morgan fingerprint density at radius 1 is 1.35 bits per heavy atom. The number of nitrogens with zero attached hydrogens (tertiary/aromatic N) is 2. The van der Waals surface area contributed by atoms with E-state index in [-0.39, 0.29) is 5.91 Å². The Morgan fingerprint density at radius 3 is 2.69 bits per heavy atom. The van der Waals surface area contributed by atoms with Crippen molar-refractivity contribution in [3.63, 3.8) is 0 Å². The van der Waals surface area contributed by atoms with Gasteiger partial charge in [-0.15, -0.1) is 0 Å². The number of rotatable bonds is 4. The van der Waals surface area contributed by atoms with Gasteiger partial charge in [0, 0.05) is 35.2 Å². The number of alkyl halides is 3. The molecule has 1 fully saturated rings. The van der Waals surface area contributed by atoms with Crippen LogP contribution < -0.4 is 4.72 Å². The van der Waals surface area contributed by atoms with Crippen LogP contribution >= 0.6 is 15.9 Å². The number of halogens is 4. The van der Waals surface area contributed by atoms with Crippen LogP contribution in [-0.4, -0.2) is 48.8 Å². The Morgan fingerprint density at radius 2 is 2.08 bits per heavy atom. The summed E-state index contributed by atoms with van der Waals surface area (Å²) in [6, 6.07) is 6.15. The average molecular weight is 452 g/mol. The van der Waals surface area contributed by atoms with Crippen molar-refractivity contribution in [1.82, 2.24) is 14.6 Å². The molecule has 0 radical (unpaired) electrons. The van der Waals surface area contributed by atoms with Crippen molar-refractivity contribution in [2.24, 2.45) is 0 Å². The first-order chi connectivity index (χ1) is 12.1. The predicted octanol–water partition coefficient (Wildman–Crippen LogP) is 2.65. The molecule has 0 spiro atoms. The van der Waals surface area contributed by atoms with Crippen LogP contribution in [-0.2, 0) is 10.0 Å². The SMILES string of the molecule is O=C(c1ccnc2ccc(Br)cc12)N1CC[C@@H]1CNS(=O)(=O)C(F)(F)F. The molecule has 3 rings (SSSR count). The summed E-state index contributed by atoms with van der Waals surface area (Å²) < 4.78 is 61.7. The van der Waals surface area contributed by atoms with E-state index in [4.69, 9.17) is 0 Å². The zero-order chi connectivity index (χ0) is 19.1. The number of hydrogen-bond donors (Lipinski definition) is 1. The van der Waals surface area contributed by atoms with E-state index in [1.54, 1.807) is 18.2 Å². The van der Waals surface area contributed by atoms with E-state index in [0.29, 0.717) is 29.4 Å². The van der Waals surface area contributed by atoms with E-state index >= 15 is 0 Å². The van der Waals surface area contributed by atoms with Crippen molar-refractivity contribution in [2.75, 3.05) is 13.1 Å². The first-order valence-electron chi connectivity index (χ1n) is 7.51. The number of aromatic nitrogens is 1. The molecular weight excluding hydrogens is 439 g/mol. The number of amides is 1. The molecule has 1 aliphatic heterocycles. The van der Waals surface area contributed by atoms with Gasteiger partial charge in [-0.1, -0.05) is 15.9 Å². The van der Waals surface area contributed by atoms with E-state index < -0.39 is 28.1 Å². The van der Waals surface area contributed by atoms with E-state index in [0.717, 1.165) is 4.47 Å². The molecule has 0 saturated carbocycles. The minimum atomic E-state index is -5.43. The van der Waals surface area contributed by atoms with Crippen molar-refractivity contribution >= 4 is 42.8 Å². The van der Waals surface area contributed by atoms with Gasteiger partial charge in [0.1, 0.15) is 0 Å². The summed E-state index contributed by atoms with van der Waals surface area (Å²) in [7, 11) is -5.43. The monoisotopic (exact) mass is 451 g/mol. The van der Waals surface area contributed by atoms with Gasteiger partial charge in [-0.2, -0.15) is 13.2 Å². The maximum atomic E-state index is 12.8. The molecular formula is C15H13BrF3N3O3S. The number of nitrogens with one attached hydrogen (secondary N) is 1.